The molecule has 0 saturated heterocycles. The lowest BCUT2D eigenvalue weighted by atomic mass is 10.1. The van der Waals surface area contributed by atoms with Gasteiger partial charge in [0, 0.05) is 12.8 Å². The van der Waals surface area contributed by atoms with Crippen LogP contribution in [-0.4, -0.2) is 41.0 Å². The summed E-state index contributed by atoms with van der Waals surface area (Å²) in [6.45, 7) is 3.33. The van der Waals surface area contributed by atoms with Crippen molar-refractivity contribution in [1.82, 2.24) is 0 Å². The second kappa shape index (κ2) is 35.5. The average Bonchev–Trinajstić information content (AvgIpc) is 3.08. The number of hydrogen-bond donors (Lipinski definition) is 2. The molecular weight excluding hydrogens is 651 g/mol. The van der Waals surface area contributed by atoms with E-state index in [4.69, 9.17) is 19.3 Å². The fourth-order valence-electron chi connectivity index (χ4n) is 4.23. The molecule has 0 aromatic heterocycles. The van der Waals surface area contributed by atoms with E-state index in [1.54, 1.807) is 0 Å². The third-order valence-electron chi connectivity index (χ3n) is 6.88. The van der Waals surface area contributed by atoms with Gasteiger partial charge >= 0.3 is 19.8 Å². The van der Waals surface area contributed by atoms with Crippen molar-refractivity contribution >= 4 is 19.8 Å². The predicted octanol–water partition coefficient (Wildman–Crippen LogP) is 10.8. The fraction of sp³-hybridized carbons (Fsp3) is 0.512. The molecule has 0 spiro atoms. The van der Waals surface area contributed by atoms with Gasteiger partial charge in [0.15, 0.2) is 6.10 Å². The molecule has 0 aromatic rings. The molecule has 0 aliphatic rings. The number of phosphoric ester groups is 1. The van der Waals surface area contributed by atoms with Gasteiger partial charge in [0.25, 0.3) is 0 Å². The summed E-state index contributed by atoms with van der Waals surface area (Å²) in [6, 6.07) is 0. The Morgan fingerprint density at radius 2 is 1.00 bits per heavy atom. The molecule has 0 amide bonds. The first kappa shape index (κ1) is 46.7. The second-order valence-electron chi connectivity index (χ2n) is 11.5. The Morgan fingerprint density at radius 1 is 0.540 bits per heavy atom. The standard InChI is InChI=1S/C41H63O8P/c1-3-5-7-9-11-13-15-17-18-19-20-21-22-24-25-27-29-31-33-35-40(42)47-37-39(38-48-50(44,45)46)49-41(43)36-34-32-30-28-26-23-16-14-12-10-8-6-4-2/h5-8,10-14,16-18,20-21,23-26,39H,3-4,9,15,19,22,27-38H2,1-2H3,(H2,44,45,46)/b7-5+,8-6+,12-10+,13-11+,16-14+,18-17+,21-20+,25-24+,26-23+. The van der Waals surface area contributed by atoms with Crippen LogP contribution < -0.4 is 0 Å². The SMILES string of the molecule is CC/C=C/C=C/C=C/C=C/CCCCCC(=O)OC(COC(=O)CCCCC/C=C/C/C=C/C/C=C/C/C=C/C/C=C/CC)COP(=O)(O)O. The summed E-state index contributed by atoms with van der Waals surface area (Å²) in [5, 5.41) is 0. The van der Waals surface area contributed by atoms with Crippen LogP contribution in [-0.2, 0) is 28.2 Å². The van der Waals surface area contributed by atoms with Crippen LogP contribution >= 0.6 is 7.82 Å². The van der Waals surface area contributed by atoms with Crippen molar-refractivity contribution in [1.29, 1.82) is 0 Å². The van der Waals surface area contributed by atoms with Crippen LogP contribution in [0.5, 0.6) is 0 Å². The van der Waals surface area contributed by atoms with Gasteiger partial charge in [0.05, 0.1) is 6.61 Å². The summed E-state index contributed by atoms with van der Waals surface area (Å²) in [6.07, 6.45) is 49.5. The minimum absolute atomic E-state index is 0.151. The van der Waals surface area contributed by atoms with Gasteiger partial charge in [0.2, 0.25) is 0 Å². The third-order valence-corrected chi connectivity index (χ3v) is 7.37. The van der Waals surface area contributed by atoms with E-state index in [9.17, 15) is 14.2 Å². The number of ether oxygens (including phenoxy) is 2. The Kier molecular flexibility index (Phi) is 33.2. The molecule has 8 nitrogen and oxygen atoms in total. The van der Waals surface area contributed by atoms with Gasteiger partial charge in [-0.2, -0.15) is 0 Å². The number of unbranched alkanes of at least 4 members (excludes halogenated alkanes) is 6. The van der Waals surface area contributed by atoms with E-state index >= 15 is 0 Å². The third kappa shape index (κ3) is 37.5. The second-order valence-corrected chi connectivity index (χ2v) is 12.8. The molecule has 0 bridgehead atoms. The van der Waals surface area contributed by atoms with Crippen molar-refractivity contribution in [2.75, 3.05) is 13.2 Å². The first-order valence-corrected chi connectivity index (χ1v) is 19.8. The molecule has 0 aliphatic carbocycles. The van der Waals surface area contributed by atoms with Gasteiger partial charge in [0.1, 0.15) is 6.61 Å². The predicted molar refractivity (Wildman–Crippen MR) is 206 cm³/mol. The van der Waals surface area contributed by atoms with Crippen LogP contribution in [0.2, 0.25) is 0 Å². The van der Waals surface area contributed by atoms with E-state index in [1.807, 2.05) is 36.5 Å². The van der Waals surface area contributed by atoms with Crippen LogP contribution in [0.15, 0.2) is 109 Å². The number of rotatable bonds is 31. The number of carbonyl (C=O) groups excluding carboxylic acids is 2. The molecule has 0 fully saturated rings. The normalized spacial score (nSPS) is 13.8. The summed E-state index contributed by atoms with van der Waals surface area (Å²) in [4.78, 5) is 42.6. The van der Waals surface area contributed by atoms with E-state index in [0.717, 1.165) is 77.0 Å². The maximum Gasteiger partial charge on any atom is 0.469 e. The van der Waals surface area contributed by atoms with Crippen molar-refractivity contribution < 1.29 is 37.9 Å². The van der Waals surface area contributed by atoms with Crippen LogP contribution in [0, 0.1) is 0 Å². The maximum absolute atomic E-state index is 12.3. The summed E-state index contributed by atoms with van der Waals surface area (Å²) in [5.41, 5.74) is 0. The van der Waals surface area contributed by atoms with Crippen molar-refractivity contribution in [3.63, 3.8) is 0 Å². The summed E-state index contributed by atoms with van der Waals surface area (Å²) in [5.74, 6) is -0.984. The Bertz CT molecular complexity index is 1170. The zero-order chi connectivity index (χ0) is 36.8. The van der Waals surface area contributed by atoms with Crippen molar-refractivity contribution in [2.24, 2.45) is 0 Å². The minimum Gasteiger partial charge on any atom is -0.462 e. The number of phosphoric acid groups is 1. The van der Waals surface area contributed by atoms with Crippen LogP contribution in [0.25, 0.3) is 0 Å². The zero-order valence-corrected chi connectivity index (χ0v) is 31.4. The molecule has 50 heavy (non-hydrogen) atoms. The van der Waals surface area contributed by atoms with E-state index in [0.29, 0.717) is 12.8 Å². The molecule has 280 valence electrons. The number of hydrogen-bond acceptors (Lipinski definition) is 6. The quantitative estimate of drug-likeness (QED) is 0.0239. The number of carbonyl (C=O) groups is 2. The highest BCUT2D eigenvalue weighted by molar-refractivity contribution is 7.46. The summed E-state index contributed by atoms with van der Waals surface area (Å²) in [7, 11) is -4.78. The Hall–Kier alpha value is -3.29. The summed E-state index contributed by atoms with van der Waals surface area (Å²) < 4.78 is 26.2. The zero-order valence-electron chi connectivity index (χ0n) is 30.5. The van der Waals surface area contributed by atoms with E-state index < -0.39 is 32.5 Å². The van der Waals surface area contributed by atoms with Crippen molar-refractivity contribution in [3.8, 4) is 0 Å². The largest absolute Gasteiger partial charge is 0.469 e. The van der Waals surface area contributed by atoms with Gasteiger partial charge < -0.3 is 19.3 Å². The highest BCUT2D eigenvalue weighted by Gasteiger charge is 2.22. The number of allylic oxidation sites excluding steroid dienone is 18. The smallest absolute Gasteiger partial charge is 0.462 e. The highest BCUT2D eigenvalue weighted by Crippen LogP contribution is 2.35. The van der Waals surface area contributed by atoms with Gasteiger partial charge in [-0.1, -0.05) is 136 Å². The van der Waals surface area contributed by atoms with Crippen LogP contribution in [0.4, 0.5) is 0 Å². The molecule has 9 heteroatoms. The van der Waals surface area contributed by atoms with E-state index in [2.05, 4.69) is 91.3 Å². The van der Waals surface area contributed by atoms with Gasteiger partial charge in [-0.15, -0.1) is 0 Å². The number of esters is 2. The monoisotopic (exact) mass is 714 g/mol. The topological polar surface area (TPSA) is 119 Å². The molecule has 0 aliphatic heterocycles. The Balaban J connectivity index is 4.14. The molecule has 0 radical (unpaired) electrons. The Labute approximate surface area is 302 Å². The molecule has 0 saturated carbocycles. The molecule has 0 rings (SSSR count). The Morgan fingerprint density at radius 3 is 1.54 bits per heavy atom. The first-order valence-electron chi connectivity index (χ1n) is 18.2. The highest BCUT2D eigenvalue weighted by atomic mass is 31.2. The van der Waals surface area contributed by atoms with Crippen molar-refractivity contribution in [3.05, 3.63) is 109 Å². The van der Waals surface area contributed by atoms with Gasteiger partial charge in [-0.3, -0.25) is 14.1 Å². The van der Waals surface area contributed by atoms with E-state index in [-0.39, 0.29) is 19.4 Å². The molecule has 0 aromatic carbocycles. The van der Waals surface area contributed by atoms with E-state index in [1.165, 1.54) is 0 Å². The molecule has 1 atom stereocenters. The first-order chi connectivity index (χ1) is 24.3. The van der Waals surface area contributed by atoms with Gasteiger partial charge in [-0.05, 0) is 77.0 Å². The molecule has 0 heterocycles. The molecule has 1 unspecified atom stereocenters. The van der Waals surface area contributed by atoms with Crippen LogP contribution in [0.3, 0.4) is 0 Å². The van der Waals surface area contributed by atoms with Gasteiger partial charge in [-0.25, -0.2) is 4.57 Å². The summed E-state index contributed by atoms with van der Waals surface area (Å²) >= 11 is 0. The van der Waals surface area contributed by atoms with Crippen LogP contribution in [0.1, 0.15) is 117 Å². The lowest BCUT2D eigenvalue weighted by Crippen LogP contribution is -2.29. The average molecular weight is 715 g/mol. The molecular formula is C41H63O8P. The fourth-order valence-corrected chi connectivity index (χ4v) is 4.59. The lowest BCUT2D eigenvalue weighted by Gasteiger charge is -2.18. The molecule has 2 N–H and O–H groups in total. The van der Waals surface area contributed by atoms with Crippen molar-refractivity contribution in [2.45, 2.75) is 123 Å². The minimum atomic E-state index is -4.78. The maximum atomic E-state index is 12.3. The lowest BCUT2D eigenvalue weighted by molar-refractivity contribution is -0.161.